The molecule has 0 aliphatic carbocycles. The highest BCUT2D eigenvalue weighted by Gasteiger charge is 2.20. The topological polar surface area (TPSA) is 86.1 Å². The maximum Gasteiger partial charge on any atom is 0.355 e. The number of aromatic nitrogens is 1. The molecule has 1 aromatic heterocycles. The Kier molecular flexibility index (Phi) is 4.64. The molecule has 0 saturated heterocycles. The lowest BCUT2D eigenvalue weighted by atomic mass is 10.1. The third-order valence-electron chi connectivity index (χ3n) is 3.54. The van der Waals surface area contributed by atoms with Crippen LogP contribution in [-0.4, -0.2) is 16.1 Å². The molecule has 0 bridgehead atoms. The van der Waals surface area contributed by atoms with Crippen LogP contribution in [0.3, 0.4) is 0 Å². The van der Waals surface area contributed by atoms with Gasteiger partial charge in [-0.3, -0.25) is 0 Å². The molecule has 1 heterocycles. The van der Waals surface area contributed by atoms with Crippen molar-refractivity contribution in [2.24, 2.45) is 0 Å². The number of carbonyl (C=O) groups is 1. The molecule has 5 heteroatoms. The Bertz CT molecular complexity index is 739. The second-order valence-corrected chi connectivity index (χ2v) is 5.23. The summed E-state index contributed by atoms with van der Waals surface area (Å²) >= 11 is 0. The number of hydrogen-bond donors (Lipinski definition) is 2. The maximum atomic E-state index is 12.2. The van der Waals surface area contributed by atoms with Crippen LogP contribution in [0.15, 0.2) is 24.3 Å². The van der Waals surface area contributed by atoms with Crippen molar-refractivity contribution in [2.45, 2.75) is 33.5 Å². The van der Waals surface area contributed by atoms with Gasteiger partial charge in [-0.05, 0) is 44.0 Å². The highest BCUT2D eigenvalue weighted by Crippen LogP contribution is 2.25. The van der Waals surface area contributed by atoms with E-state index in [2.05, 4.69) is 4.98 Å². The lowest BCUT2D eigenvalue weighted by Gasteiger charge is -2.06. The number of nitrogens with zero attached hydrogens (tertiary/aromatic N) is 1. The quantitative estimate of drug-likeness (QED) is 0.850. The van der Waals surface area contributed by atoms with Crippen LogP contribution in [0.25, 0.3) is 0 Å². The zero-order valence-electron chi connectivity index (χ0n) is 12.8. The van der Waals surface area contributed by atoms with Crippen LogP contribution in [0.5, 0.6) is 0 Å². The first kappa shape index (κ1) is 15.8. The number of esters is 1. The molecule has 0 amide bonds. The molecule has 5 nitrogen and oxygen atoms in total. The molecule has 2 aromatic rings. The molecule has 0 spiro atoms. The summed E-state index contributed by atoms with van der Waals surface area (Å²) < 4.78 is 5.28. The Labute approximate surface area is 129 Å². The van der Waals surface area contributed by atoms with Crippen molar-refractivity contribution in [3.63, 3.8) is 0 Å². The SMILES string of the molecule is Cc1[nH]c(C(=O)OCc2cccc(C#N)c2)c(C)c1[C@@H](C)O. The minimum absolute atomic E-state index is 0.0931. The molecule has 0 radical (unpaired) electrons. The van der Waals surface area contributed by atoms with E-state index in [0.29, 0.717) is 16.8 Å². The van der Waals surface area contributed by atoms with Crippen LogP contribution in [0, 0.1) is 25.2 Å². The summed E-state index contributed by atoms with van der Waals surface area (Å²) in [6.45, 7) is 5.34. The van der Waals surface area contributed by atoms with Crippen LogP contribution >= 0.6 is 0 Å². The van der Waals surface area contributed by atoms with Gasteiger partial charge in [-0.1, -0.05) is 12.1 Å². The van der Waals surface area contributed by atoms with Gasteiger partial charge in [-0.15, -0.1) is 0 Å². The van der Waals surface area contributed by atoms with Crippen molar-refractivity contribution in [3.8, 4) is 6.07 Å². The molecule has 2 N–H and O–H groups in total. The molecule has 1 aromatic carbocycles. The number of rotatable bonds is 4. The molecular weight excluding hydrogens is 280 g/mol. The Morgan fingerprint density at radius 2 is 2.18 bits per heavy atom. The molecule has 1 atom stereocenters. The van der Waals surface area contributed by atoms with Gasteiger partial charge in [0.25, 0.3) is 0 Å². The summed E-state index contributed by atoms with van der Waals surface area (Å²) in [5.41, 5.74) is 3.80. The molecule has 114 valence electrons. The van der Waals surface area contributed by atoms with Crippen molar-refractivity contribution in [1.82, 2.24) is 4.98 Å². The van der Waals surface area contributed by atoms with Crippen LogP contribution in [0.4, 0.5) is 0 Å². The fourth-order valence-corrected chi connectivity index (χ4v) is 2.55. The van der Waals surface area contributed by atoms with Gasteiger partial charge in [-0.25, -0.2) is 4.79 Å². The Morgan fingerprint density at radius 3 is 2.77 bits per heavy atom. The van der Waals surface area contributed by atoms with Gasteiger partial charge in [0.2, 0.25) is 0 Å². The van der Waals surface area contributed by atoms with Crippen molar-refractivity contribution in [3.05, 3.63) is 57.9 Å². The maximum absolute atomic E-state index is 12.2. The van der Waals surface area contributed by atoms with Crippen molar-refractivity contribution in [2.75, 3.05) is 0 Å². The predicted octanol–water partition coefficient (Wildman–Crippen LogP) is 2.91. The van der Waals surface area contributed by atoms with Gasteiger partial charge in [0.15, 0.2) is 0 Å². The molecule has 0 saturated carbocycles. The van der Waals surface area contributed by atoms with Crippen molar-refractivity contribution < 1.29 is 14.6 Å². The molecule has 0 fully saturated rings. The fraction of sp³-hybridized carbons (Fsp3) is 0.294. The standard InChI is InChI=1S/C17H18N2O3/c1-10-15(12(3)20)11(2)19-16(10)17(21)22-9-14-6-4-5-13(7-14)8-18/h4-7,12,19-20H,9H2,1-3H3/t12-/m1/s1. The molecule has 0 aliphatic heterocycles. The average molecular weight is 298 g/mol. The van der Waals surface area contributed by atoms with Crippen LogP contribution < -0.4 is 0 Å². The van der Waals surface area contributed by atoms with Crippen molar-refractivity contribution in [1.29, 1.82) is 5.26 Å². The van der Waals surface area contributed by atoms with E-state index in [4.69, 9.17) is 10.00 Å². The first-order valence-electron chi connectivity index (χ1n) is 6.97. The van der Waals surface area contributed by atoms with Crippen LogP contribution in [-0.2, 0) is 11.3 Å². The first-order valence-corrected chi connectivity index (χ1v) is 6.97. The molecule has 22 heavy (non-hydrogen) atoms. The summed E-state index contributed by atoms with van der Waals surface area (Å²) in [6, 6.07) is 8.96. The number of aromatic amines is 1. The molecule has 2 rings (SSSR count). The van der Waals surface area contributed by atoms with Gasteiger partial charge < -0.3 is 14.8 Å². The third kappa shape index (κ3) is 3.18. The van der Waals surface area contributed by atoms with E-state index in [1.54, 1.807) is 38.1 Å². The molecular formula is C17H18N2O3. The van der Waals surface area contributed by atoms with Gasteiger partial charge >= 0.3 is 5.97 Å². The van der Waals surface area contributed by atoms with Gasteiger partial charge in [0, 0.05) is 11.3 Å². The molecule has 0 unspecified atom stereocenters. The first-order chi connectivity index (χ1) is 10.4. The van der Waals surface area contributed by atoms with Gasteiger partial charge in [0.1, 0.15) is 12.3 Å². The van der Waals surface area contributed by atoms with Crippen LogP contribution in [0.1, 0.15) is 51.5 Å². The largest absolute Gasteiger partial charge is 0.456 e. The summed E-state index contributed by atoms with van der Waals surface area (Å²) in [6.07, 6.45) is -0.648. The van der Waals surface area contributed by atoms with Gasteiger partial charge in [-0.2, -0.15) is 5.26 Å². The number of nitrogens with one attached hydrogen (secondary N) is 1. The van der Waals surface area contributed by atoms with Gasteiger partial charge in [0.05, 0.1) is 17.7 Å². The summed E-state index contributed by atoms with van der Waals surface area (Å²) in [5.74, 6) is -0.477. The smallest absolute Gasteiger partial charge is 0.355 e. The van der Waals surface area contributed by atoms with E-state index >= 15 is 0 Å². The number of ether oxygens (including phenoxy) is 1. The summed E-state index contributed by atoms with van der Waals surface area (Å²) in [5, 5.41) is 18.6. The minimum Gasteiger partial charge on any atom is -0.456 e. The Hall–Kier alpha value is -2.58. The second-order valence-electron chi connectivity index (χ2n) is 5.23. The molecule has 0 aliphatic rings. The summed E-state index contributed by atoms with van der Waals surface area (Å²) in [4.78, 5) is 15.1. The number of aliphatic hydroxyl groups excluding tert-OH is 1. The monoisotopic (exact) mass is 298 g/mol. The number of carbonyl (C=O) groups excluding carboxylic acids is 1. The Morgan fingerprint density at radius 1 is 1.45 bits per heavy atom. The zero-order valence-corrected chi connectivity index (χ0v) is 12.8. The Balaban J connectivity index is 2.13. The fourth-order valence-electron chi connectivity index (χ4n) is 2.55. The number of benzene rings is 1. The zero-order chi connectivity index (χ0) is 16.3. The van der Waals surface area contributed by atoms with Crippen molar-refractivity contribution >= 4 is 5.97 Å². The lowest BCUT2D eigenvalue weighted by molar-refractivity contribution is 0.0465. The van der Waals surface area contributed by atoms with Crippen LogP contribution in [0.2, 0.25) is 0 Å². The second kappa shape index (κ2) is 6.46. The van der Waals surface area contributed by atoms with E-state index in [1.807, 2.05) is 13.0 Å². The predicted molar refractivity (Wildman–Crippen MR) is 81.2 cm³/mol. The number of aryl methyl sites for hydroxylation is 1. The average Bonchev–Trinajstić information content (AvgIpc) is 2.80. The highest BCUT2D eigenvalue weighted by atomic mass is 16.5. The number of nitriles is 1. The summed E-state index contributed by atoms with van der Waals surface area (Å²) in [7, 11) is 0. The number of H-pyrrole nitrogens is 1. The van der Waals surface area contributed by atoms with E-state index in [9.17, 15) is 9.90 Å². The number of aliphatic hydroxyl groups is 1. The normalized spacial score (nSPS) is 11.8. The van der Waals surface area contributed by atoms with E-state index in [-0.39, 0.29) is 6.61 Å². The van der Waals surface area contributed by atoms with E-state index in [0.717, 1.165) is 16.8 Å². The lowest BCUT2D eigenvalue weighted by Crippen LogP contribution is -2.07. The third-order valence-corrected chi connectivity index (χ3v) is 3.54. The van der Waals surface area contributed by atoms with E-state index < -0.39 is 12.1 Å². The highest BCUT2D eigenvalue weighted by molar-refractivity contribution is 5.89. The number of hydrogen-bond acceptors (Lipinski definition) is 4. The minimum atomic E-state index is -0.648. The van der Waals surface area contributed by atoms with E-state index in [1.165, 1.54) is 0 Å².